The first-order valence-electron chi connectivity index (χ1n) is 6.49. The standard InChI is InChI=1S/C15H25NS/c1-11(2)16-13(5)10-14-6-8-15(9-7-14)17-12(3)4/h6-9,11-13,16H,10H2,1-5H3. The molecule has 1 aromatic carbocycles. The predicted octanol–water partition coefficient (Wildman–Crippen LogP) is 4.12. The second-order valence-corrected chi connectivity index (χ2v) is 6.89. The van der Waals surface area contributed by atoms with Gasteiger partial charge in [-0.15, -0.1) is 11.8 Å². The zero-order valence-electron chi connectivity index (χ0n) is 11.7. The van der Waals surface area contributed by atoms with Crippen molar-refractivity contribution in [1.29, 1.82) is 0 Å². The van der Waals surface area contributed by atoms with Gasteiger partial charge in [0.15, 0.2) is 0 Å². The number of rotatable bonds is 6. The summed E-state index contributed by atoms with van der Waals surface area (Å²) in [5.74, 6) is 0. The highest BCUT2D eigenvalue weighted by Crippen LogP contribution is 2.23. The van der Waals surface area contributed by atoms with E-state index in [9.17, 15) is 0 Å². The van der Waals surface area contributed by atoms with Crippen LogP contribution in [-0.4, -0.2) is 17.3 Å². The topological polar surface area (TPSA) is 12.0 Å². The smallest absolute Gasteiger partial charge is 0.00815 e. The number of nitrogens with one attached hydrogen (secondary N) is 1. The third-order valence-corrected chi connectivity index (χ3v) is 3.47. The van der Waals surface area contributed by atoms with Crippen molar-refractivity contribution in [2.45, 2.75) is 63.3 Å². The van der Waals surface area contributed by atoms with E-state index in [4.69, 9.17) is 0 Å². The van der Waals surface area contributed by atoms with Gasteiger partial charge in [0.05, 0.1) is 0 Å². The number of benzene rings is 1. The zero-order chi connectivity index (χ0) is 12.8. The Labute approximate surface area is 110 Å². The predicted molar refractivity (Wildman–Crippen MR) is 78.9 cm³/mol. The molecule has 0 saturated carbocycles. The minimum Gasteiger partial charge on any atom is -0.312 e. The molecule has 96 valence electrons. The fraction of sp³-hybridized carbons (Fsp3) is 0.600. The van der Waals surface area contributed by atoms with E-state index in [-0.39, 0.29) is 0 Å². The molecule has 0 radical (unpaired) electrons. The average Bonchev–Trinajstić information content (AvgIpc) is 2.18. The van der Waals surface area contributed by atoms with Crippen molar-refractivity contribution in [2.75, 3.05) is 0 Å². The maximum absolute atomic E-state index is 3.53. The van der Waals surface area contributed by atoms with Crippen LogP contribution in [0.5, 0.6) is 0 Å². The summed E-state index contributed by atoms with van der Waals surface area (Å²) in [6.07, 6.45) is 1.10. The lowest BCUT2D eigenvalue weighted by Gasteiger charge is -2.17. The fourth-order valence-corrected chi connectivity index (χ4v) is 2.80. The van der Waals surface area contributed by atoms with Gasteiger partial charge < -0.3 is 5.32 Å². The van der Waals surface area contributed by atoms with Crippen molar-refractivity contribution < 1.29 is 0 Å². The van der Waals surface area contributed by atoms with E-state index in [1.54, 1.807) is 0 Å². The van der Waals surface area contributed by atoms with Crippen molar-refractivity contribution in [1.82, 2.24) is 5.32 Å². The molecule has 0 aromatic heterocycles. The highest BCUT2D eigenvalue weighted by molar-refractivity contribution is 7.99. The van der Waals surface area contributed by atoms with Gasteiger partial charge in [-0.2, -0.15) is 0 Å². The SMILES string of the molecule is CC(C)NC(C)Cc1ccc(SC(C)C)cc1. The highest BCUT2D eigenvalue weighted by atomic mass is 32.2. The molecule has 0 fully saturated rings. The van der Waals surface area contributed by atoms with Gasteiger partial charge in [-0.3, -0.25) is 0 Å². The summed E-state index contributed by atoms with van der Waals surface area (Å²) in [6.45, 7) is 11.1. The van der Waals surface area contributed by atoms with Gasteiger partial charge in [0.1, 0.15) is 0 Å². The van der Waals surface area contributed by atoms with Gasteiger partial charge in [0.25, 0.3) is 0 Å². The summed E-state index contributed by atoms with van der Waals surface area (Å²) in [7, 11) is 0. The Bertz CT molecular complexity index is 316. The van der Waals surface area contributed by atoms with E-state index in [1.165, 1.54) is 10.5 Å². The Balaban J connectivity index is 2.50. The van der Waals surface area contributed by atoms with Crippen molar-refractivity contribution in [2.24, 2.45) is 0 Å². The third-order valence-electron chi connectivity index (χ3n) is 2.45. The molecule has 2 heteroatoms. The summed E-state index contributed by atoms with van der Waals surface area (Å²) in [4.78, 5) is 1.37. The van der Waals surface area contributed by atoms with Crippen LogP contribution in [0.3, 0.4) is 0 Å². The minimum absolute atomic E-state index is 0.540. The lowest BCUT2D eigenvalue weighted by atomic mass is 10.1. The van der Waals surface area contributed by atoms with Crippen molar-refractivity contribution >= 4 is 11.8 Å². The lowest BCUT2D eigenvalue weighted by Crippen LogP contribution is -2.33. The number of hydrogen-bond donors (Lipinski definition) is 1. The lowest BCUT2D eigenvalue weighted by molar-refractivity contribution is 0.487. The van der Waals surface area contributed by atoms with Crippen LogP contribution in [0.4, 0.5) is 0 Å². The summed E-state index contributed by atoms with van der Waals surface area (Å²) < 4.78 is 0. The van der Waals surface area contributed by atoms with Crippen LogP contribution in [0.1, 0.15) is 40.2 Å². The molecule has 1 nitrogen and oxygen atoms in total. The second kappa shape index (κ2) is 7.07. The van der Waals surface area contributed by atoms with Gasteiger partial charge in [0, 0.05) is 22.2 Å². The largest absolute Gasteiger partial charge is 0.312 e. The molecule has 0 bridgehead atoms. The minimum atomic E-state index is 0.540. The van der Waals surface area contributed by atoms with Crippen LogP contribution >= 0.6 is 11.8 Å². The highest BCUT2D eigenvalue weighted by Gasteiger charge is 2.05. The van der Waals surface area contributed by atoms with Crippen molar-refractivity contribution in [3.8, 4) is 0 Å². The van der Waals surface area contributed by atoms with Crippen LogP contribution < -0.4 is 5.32 Å². The molecule has 17 heavy (non-hydrogen) atoms. The van der Waals surface area contributed by atoms with Gasteiger partial charge >= 0.3 is 0 Å². The van der Waals surface area contributed by atoms with Crippen LogP contribution in [0.2, 0.25) is 0 Å². The van der Waals surface area contributed by atoms with Crippen molar-refractivity contribution in [3.05, 3.63) is 29.8 Å². The molecule has 0 spiro atoms. The maximum Gasteiger partial charge on any atom is 0.00815 e. The normalized spacial score (nSPS) is 13.4. The Hall–Kier alpha value is -0.470. The van der Waals surface area contributed by atoms with Gasteiger partial charge in [-0.1, -0.05) is 39.8 Å². The van der Waals surface area contributed by atoms with E-state index in [0.717, 1.165) is 6.42 Å². The second-order valence-electron chi connectivity index (χ2n) is 5.24. The van der Waals surface area contributed by atoms with E-state index in [1.807, 2.05) is 11.8 Å². The molecule has 0 heterocycles. The van der Waals surface area contributed by atoms with E-state index in [0.29, 0.717) is 17.3 Å². The number of thioether (sulfide) groups is 1. The first kappa shape index (κ1) is 14.6. The Morgan fingerprint density at radius 3 is 2.06 bits per heavy atom. The Morgan fingerprint density at radius 1 is 1.00 bits per heavy atom. The third kappa shape index (κ3) is 6.13. The van der Waals surface area contributed by atoms with E-state index < -0.39 is 0 Å². The summed E-state index contributed by atoms with van der Waals surface area (Å²) in [6, 6.07) is 10.1. The molecule has 1 unspecified atom stereocenters. The molecule has 1 N–H and O–H groups in total. The monoisotopic (exact) mass is 251 g/mol. The molecular weight excluding hydrogens is 226 g/mol. The Morgan fingerprint density at radius 2 is 1.59 bits per heavy atom. The maximum atomic E-state index is 3.53. The van der Waals surface area contributed by atoms with Crippen LogP contribution in [0.25, 0.3) is 0 Å². The molecule has 1 rings (SSSR count). The first-order valence-corrected chi connectivity index (χ1v) is 7.37. The molecular formula is C15H25NS. The van der Waals surface area contributed by atoms with Gasteiger partial charge in [-0.25, -0.2) is 0 Å². The van der Waals surface area contributed by atoms with Crippen LogP contribution in [-0.2, 0) is 6.42 Å². The van der Waals surface area contributed by atoms with Gasteiger partial charge in [-0.05, 0) is 31.0 Å². The summed E-state index contributed by atoms with van der Waals surface area (Å²) in [5, 5.41) is 4.19. The number of hydrogen-bond acceptors (Lipinski definition) is 2. The van der Waals surface area contributed by atoms with Crippen LogP contribution in [0.15, 0.2) is 29.2 Å². The molecule has 0 aliphatic carbocycles. The molecule has 0 aliphatic rings. The molecule has 1 aromatic rings. The molecule has 0 saturated heterocycles. The molecule has 0 aliphatic heterocycles. The average molecular weight is 251 g/mol. The van der Waals surface area contributed by atoms with Gasteiger partial charge in [0.2, 0.25) is 0 Å². The molecule has 1 atom stereocenters. The molecule has 0 amide bonds. The van der Waals surface area contributed by atoms with Crippen LogP contribution in [0, 0.1) is 0 Å². The zero-order valence-corrected chi connectivity index (χ0v) is 12.5. The summed E-state index contributed by atoms with van der Waals surface area (Å²) in [5.41, 5.74) is 1.42. The Kier molecular flexibility index (Phi) is 6.07. The summed E-state index contributed by atoms with van der Waals surface area (Å²) >= 11 is 1.92. The van der Waals surface area contributed by atoms with E-state index in [2.05, 4.69) is 64.2 Å². The fourth-order valence-electron chi connectivity index (χ4n) is 1.96. The van der Waals surface area contributed by atoms with E-state index >= 15 is 0 Å². The first-order chi connectivity index (χ1) is 7.97. The quantitative estimate of drug-likeness (QED) is 0.763. The van der Waals surface area contributed by atoms with Crippen molar-refractivity contribution in [3.63, 3.8) is 0 Å².